The first kappa shape index (κ1) is 17.2. The van der Waals surface area contributed by atoms with Gasteiger partial charge < -0.3 is 19.3 Å². The lowest BCUT2D eigenvalue weighted by Crippen LogP contribution is -2.42. The molecule has 0 saturated carbocycles. The average molecular weight is 347 g/mol. The van der Waals surface area contributed by atoms with E-state index in [1.165, 1.54) is 14.2 Å². The molecular weight excluding hydrogens is 326 g/mol. The summed E-state index contributed by atoms with van der Waals surface area (Å²) >= 11 is 0. The van der Waals surface area contributed by atoms with Gasteiger partial charge in [0.25, 0.3) is 5.91 Å². The van der Waals surface area contributed by atoms with Crippen LogP contribution >= 0.6 is 0 Å². The largest absolute Gasteiger partial charge is 0.467 e. The molecule has 8 nitrogen and oxygen atoms in total. The van der Waals surface area contributed by atoms with Crippen LogP contribution in [0, 0.1) is 0 Å². The minimum Gasteiger partial charge on any atom is -0.467 e. The SMILES string of the molecule is COC(=O)C1CCCN1C(=O)c1cncc2c1CCN(C(=O)OC)C2. The second-order valence-corrected chi connectivity index (χ2v) is 6.15. The number of hydrogen-bond donors (Lipinski definition) is 0. The maximum absolute atomic E-state index is 13.0. The van der Waals surface area contributed by atoms with Crippen molar-refractivity contribution in [2.45, 2.75) is 31.8 Å². The number of rotatable bonds is 2. The van der Waals surface area contributed by atoms with Gasteiger partial charge in [0, 0.05) is 25.5 Å². The summed E-state index contributed by atoms with van der Waals surface area (Å²) in [6.45, 7) is 1.36. The molecule has 1 unspecified atom stereocenters. The molecule has 2 aliphatic heterocycles. The molecule has 25 heavy (non-hydrogen) atoms. The zero-order chi connectivity index (χ0) is 18.0. The fourth-order valence-electron chi connectivity index (χ4n) is 3.51. The van der Waals surface area contributed by atoms with Gasteiger partial charge in [0.1, 0.15) is 6.04 Å². The number of hydrogen-bond acceptors (Lipinski definition) is 6. The van der Waals surface area contributed by atoms with Crippen molar-refractivity contribution in [2.24, 2.45) is 0 Å². The maximum Gasteiger partial charge on any atom is 0.409 e. The molecule has 0 aliphatic carbocycles. The van der Waals surface area contributed by atoms with Gasteiger partial charge in [0.05, 0.1) is 26.3 Å². The van der Waals surface area contributed by atoms with E-state index in [1.54, 1.807) is 22.2 Å². The van der Waals surface area contributed by atoms with Crippen molar-refractivity contribution in [1.29, 1.82) is 0 Å². The van der Waals surface area contributed by atoms with Gasteiger partial charge in [-0.3, -0.25) is 9.78 Å². The molecule has 1 atom stereocenters. The zero-order valence-corrected chi connectivity index (χ0v) is 14.4. The van der Waals surface area contributed by atoms with Crippen LogP contribution in [0.2, 0.25) is 0 Å². The van der Waals surface area contributed by atoms with Crippen LogP contribution in [0.3, 0.4) is 0 Å². The number of ether oxygens (including phenoxy) is 2. The summed E-state index contributed by atoms with van der Waals surface area (Å²) in [7, 11) is 2.67. The van der Waals surface area contributed by atoms with Gasteiger partial charge in [-0.1, -0.05) is 0 Å². The Hall–Kier alpha value is -2.64. The number of nitrogens with zero attached hydrogens (tertiary/aromatic N) is 3. The first-order valence-electron chi connectivity index (χ1n) is 8.24. The van der Waals surface area contributed by atoms with Gasteiger partial charge in [-0.05, 0) is 30.4 Å². The van der Waals surface area contributed by atoms with E-state index >= 15 is 0 Å². The molecule has 2 amide bonds. The van der Waals surface area contributed by atoms with Crippen molar-refractivity contribution in [3.05, 3.63) is 29.1 Å². The molecule has 0 radical (unpaired) electrons. The predicted octanol–water partition coefficient (Wildman–Crippen LogP) is 0.984. The molecule has 0 spiro atoms. The van der Waals surface area contributed by atoms with Crippen molar-refractivity contribution in [2.75, 3.05) is 27.3 Å². The van der Waals surface area contributed by atoms with E-state index in [-0.39, 0.29) is 11.9 Å². The molecule has 134 valence electrons. The maximum atomic E-state index is 13.0. The first-order valence-corrected chi connectivity index (χ1v) is 8.24. The van der Waals surface area contributed by atoms with E-state index in [0.29, 0.717) is 38.0 Å². The molecule has 3 rings (SSSR count). The number of methoxy groups -OCH3 is 2. The van der Waals surface area contributed by atoms with Gasteiger partial charge in [0.2, 0.25) is 0 Å². The number of esters is 1. The molecule has 1 fully saturated rings. The average Bonchev–Trinajstić information content (AvgIpc) is 3.15. The topological polar surface area (TPSA) is 89.0 Å². The van der Waals surface area contributed by atoms with E-state index in [9.17, 15) is 14.4 Å². The number of carbonyl (C=O) groups is 3. The van der Waals surface area contributed by atoms with Gasteiger partial charge in [0.15, 0.2) is 0 Å². The first-order chi connectivity index (χ1) is 12.1. The number of aromatic nitrogens is 1. The number of amides is 2. The number of pyridine rings is 1. The molecule has 2 aliphatic rings. The molecule has 8 heteroatoms. The molecule has 0 bridgehead atoms. The standard InChI is InChI=1S/C17H21N3O5/c1-24-16(22)14-4-3-6-20(14)15(21)13-9-18-8-11-10-19(17(23)25-2)7-5-12(11)13/h8-9,14H,3-7,10H2,1-2H3. The Morgan fingerprint density at radius 1 is 1.16 bits per heavy atom. The van der Waals surface area contributed by atoms with Crippen LogP contribution < -0.4 is 0 Å². The second kappa shape index (κ2) is 7.08. The van der Waals surface area contributed by atoms with Crippen molar-refractivity contribution >= 4 is 18.0 Å². The van der Waals surface area contributed by atoms with Crippen LogP contribution in [0.1, 0.15) is 34.3 Å². The molecule has 1 aromatic heterocycles. The molecule has 1 saturated heterocycles. The Kier molecular flexibility index (Phi) is 4.87. The number of fused-ring (bicyclic) bond motifs is 1. The Labute approximate surface area is 145 Å². The lowest BCUT2D eigenvalue weighted by molar-refractivity contribution is -0.145. The van der Waals surface area contributed by atoms with Crippen molar-refractivity contribution in [3.8, 4) is 0 Å². The van der Waals surface area contributed by atoms with Crippen LogP contribution in [0.5, 0.6) is 0 Å². The quantitative estimate of drug-likeness (QED) is 0.741. The highest BCUT2D eigenvalue weighted by molar-refractivity contribution is 5.98. The molecular formula is C17H21N3O5. The Balaban J connectivity index is 1.86. The van der Waals surface area contributed by atoms with E-state index in [1.807, 2.05) is 0 Å². The van der Waals surface area contributed by atoms with E-state index in [2.05, 4.69) is 4.98 Å². The minimum absolute atomic E-state index is 0.205. The van der Waals surface area contributed by atoms with Crippen molar-refractivity contribution in [1.82, 2.24) is 14.8 Å². The van der Waals surface area contributed by atoms with Gasteiger partial charge in [-0.25, -0.2) is 9.59 Å². The van der Waals surface area contributed by atoms with Crippen LogP contribution in [0.25, 0.3) is 0 Å². The Morgan fingerprint density at radius 3 is 2.68 bits per heavy atom. The van der Waals surface area contributed by atoms with E-state index in [4.69, 9.17) is 9.47 Å². The van der Waals surface area contributed by atoms with E-state index in [0.717, 1.165) is 17.5 Å². The fourth-order valence-corrected chi connectivity index (χ4v) is 3.51. The lowest BCUT2D eigenvalue weighted by atomic mass is 9.96. The van der Waals surface area contributed by atoms with E-state index < -0.39 is 12.1 Å². The van der Waals surface area contributed by atoms with Crippen molar-refractivity contribution in [3.63, 3.8) is 0 Å². The third-order valence-corrected chi connectivity index (χ3v) is 4.79. The summed E-state index contributed by atoms with van der Waals surface area (Å²) in [5.41, 5.74) is 2.21. The molecule has 0 aromatic carbocycles. The van der Waals surface area contributed by atoms with Gasteiger partial charge >= 0.3 is 12.1 Å². The molecule has 1 aromatic rings. The van der Waals surface area contributed by atoms with Crippen LogP contribution in [0.15, 0.2) is 12.4 Å². The van der Waals surface area contributed by atoms with Gasteiger partial charge in [-0.2, -0.15) is 0 Å². The summed E-state index contributed by atoms with van der Waals surface area (Å²) in [6.07, 6.45) is 4.74. The smallest absolute Gasteiger partial charge is 0.409 e. The lowest BCUT2D eigenvalue weighted by Gasteiger charge is -2.30. The molecule has 3 heterocycles. The normalized spacial score (nSPS) is 19.4. The molecule has 0 N–H and O–H groups in total. The summed E-state index contributed by atoms with van der Waals surface area (Å²) < 4.78 is 9.57. The highest BCUT2D eigenvalue weighted by Gasteiger charge is 2.37. The third kappa shape index (κ3) is 3.16. The predicted molar refractivity (Wildman–Crippen MR) is 86.8 cm³/mol. The summed E-state index contributed by atoms with van der Waals surface area (Å²) in [5, 5.41) is 0. The Morgan fingerprint density at radius 2 is 1.96 bits per heavy atom. The zero-order valence-electron chi connectivity index (χ0n) is 14.4. The summed E-state index contributed by atoms with van der Waals surface area (Å²) in [6, 6.07) is -0.538. The number of carbonyl (C=O) groups excluding carboxylic acids is 3. The third-order valence-electron chi connectivity index (χ3n) is 4.79. The Bertz CT molecular complexity index is 706. The highest BCUT2D eigenvalue weighted by atomic mass is 16.5. The fraction of sp³-hybridized carbons (Fsp3) is 0.529. The van der Waals surface area contributed by atoms with Crippen LogP contribution in [-0.4, -0.2) is 66.1 Å². The van der Waals surface area contributed by atoms with Crippen LogP contribution in [0.4, 0.5) is 4.79 Å². The summed E-state index contributed by atoms with van der Waals surface area (Å²) in [4.78, 5) is 43.9. The highest BCUT2D eigenvalue weighted by Crippen LogP contribution is 2.26. The second-order valence-electron chi connectivity index (χ2n) is 6.15. The summed E-state index contributed by atoms with van der Waals surface area (Å²) in [5.74, 6) is -0.593. The monoisotopic (exact) mass is 347 g/mol. The van der Waals surface area contributed by atoms with Crippen molar-refractivity contribution < 1.29 is 23.9 Å². The minimum atomic E-state index is -0.538. The van der Waals surface area contributed by atoms with Gasteiger partial charge in [-0.15, -0.1) is 0 Å². The number of likely N-dealkylation sites (tertiary alicyclic amines) is 1. The van der Waals surface area contributed by atoms with Crippen LogP contribution in [-0.2, 0) is 27.2 Å².